The largest absolute Gasteiger partial charge is 0.493 e. The molecule has 0 aliphatic carbocycles. The molecule has 2 rings (SSSR count). The minimum absolute atomic E-state index is 0.555. The SMILES string of the molecule is CCn1cc(OCCCOc2ccc(CN)cc2)cn1. The van der Waals surface area contributed by atoms with E-state index in [0.717, 1.165) is 30.0 Å². The Balaban J connectivity index is 1.63. The first-order chi connectivity index (χ1) is 9.81. The molecule has 0 saturated heterocycles. The Morgan fingerprint density at radius 1 is 1.10 bits per heavy atom. The first kappa shape index (κ1) is 14.4. The van der Waals surface area contributed by atoms with Gasteiger partial charge >= 0.3 is 0 Å². The van der Waals surface area contributed by atoms with E-state index in [4.69, 9.17) is 15.2 Å². The third kappa shape index (κ3) is 4.28. The summed E-state index contributed by atoms with van der Waals surface area (Å²) in [4.78, 5) is 0. The van der Waals surface area contributed by atoms with Gasteiger partial charge in [-0.3, -0.25) is 4.68 Å². The molecule has 5 heteroatoms. The van der Waals surface area contributed by atoms with Crippen molar-refractivity contribution >= 4 is 0 Å². The van der Waals surface area contributed by atoms with Crippen LogP contribution in [-0.4, -0.2) is 23.0 Å². The molecule has 0 saturated carbocycles. The molecule has 0 unspecified atom stereocenters. The maximum Gasteiger partial charge on any atom is 0.157 e. The Morgan fingerprint density at radius 3 is 2.40 bits per heavy atom. The summed E-state index contributed by atoms with van der Waals surface area (Å²) in [5.41, 5.74) is 6.65. The van der Waals surface area contributed by atoms with Crippen LogP contribution in [0.1, 0.15) is 18.9 Å². The molecule has 0 amide bonds. The fraction of sp³-hybridized carbons (Fsp3) is 0.400. The van der Waals surface area contributed by atoms with Gasteiger partial charge in [0.15, 0.2) is 5.75 Å². The molecule has 2 N–H and O–H groups in total. The molecule has 1 aromatic heterocycles. The maximum atomic E-state index is 5.63. The summed E-state index contributed by atoms with van der Waals surface area (Å²) in [5.74, 6) is 1.67. The van der Waals surface area contributed by atoms with Crippen LogP contribution in [0.4, 0.5) is 0 Å². The predicted molar refractivity (Wildman–Crippen MR) is 77.8 cm³/mol. The Kier molecular flexibility index (Phi) is 5.43. The van der Waals surface area contributed by atoms with Gasteiger partial charge in [-0.1, -0.05) is 12.1 Å². The van der Waals surface area contributed by atoms with Crippen LogP contribution >= 0.6 is 0 Å². The molecule has 20 heavy (non-hydrogen) atoms. The van der Waals surface area contributed by atoms with Gasteiger partial charge in [0.25, 0.3) is 0 Å². The van der Waals surface area contributed by atoms with E-state index in [9.17, 15) is 0 Å². The van der Waals surface area contributed by atoms with Gasteiger partial charge in [-0.15, -0.1) is 0 Å². The van der Waals surface area contributed by atoms with Gasteiger partial charge in [0.2, 0.25) is 0 Å². The molecule has 1 aromatic carbocycles. The fourth-order valence-electron chi connectivity index (χ4n) is 1.75. The Labute approximate surface area is 119 Å². The molecular weight excluding hydrogens is 254 g/mol. The second-order valence-corrected chi connectivity index (χ2v) is 4.43. The van der Waals surface area contributed by atoms with Crippen molar-refractivity contribution in [3.63, 3.8) is 0 Å². The summed E-state index contributed by atoms with van der Waals surface area (Å²) in [5, 5.41) is 4.15. The van der Waals surface area contributed by atoms with Crippen molar-refractivity contribution < 1.29 is 9.47 Å². The molecule has 0 fully saturated rings. The van der Waals surface area contributed by atoms with Gasteiger partial charge in [-0.2, -0.15) is 5.10 Å². The van der Waals surface area contributed by atoms with Crippen molar-refractivity contribution in [1.82, 2.24) is 9.78 Å². The Bertz CT molecular complexity index is 508. The van der Waals surface area contributed by atoms with E-state index in [2.05, 4.69) is 5.10 Å². The van der Waals surface area contributed by atoms with Gasteiger partial charge in [-0.25, -0.2) is 0 Å². The summed E-state index contributed by atoms with van der Waals surface area (Å²) in [6.45, 7) is 4.70. The van der Waals surface area contributed by atoms with Crippen LogP contribution in [0, 0.1) is 0 Å². The number of nitrogens with two attached hydrogens (primary N) is 1. The topological polar surface area (TPSA) is 62.3 Å². The molecule has 0 spiro atoms. The number of ether oxygens (including phenoxy) is 2. The number of nitrogens with zero attached hydrogens (tertiary/aromatic N) is 2. The molecule has 5 nitrogen and oxygen atoms in total. The first-order valence-electron chi connectivity index (χ1n) is 6.89. The van der Waals surface area contributed by atoms with Gasteiger partial charge in [0.1, 0.15) is 5.75 Å². The molecule has 0 bridgehead atoms. The normalized spacial score (nSPS) is 10.5. The van der Waals surface area contributed by atoms with E-state index >= 15 is 0 Å². The highest BCUT2D eigenvalue weighted by molar-refractivity contribution is 5.27. The van der Waals surface area contributed by atoms with Crippen LogP contribution in [0.5, 0.6) is 11.5 Å². The van der Waals surface area contributed by atoms with Crippen molar-refractivity contribution in [3.05, 3.63) is 42.2 Å². The molecule has 2 aromatic rings. The molecule has 1 heterocycles. The number of aryl methyl sites for hydroxylation is 1. The van der Waals surface area contributed by atoms with Gasteiger partial charge in [-0.05, 0) is 24.6 Å². The summed E-state index contributed by atoms with van der Waals surface area (Å²) in [7, 11) is 0. The van der Waals surface area contributed by atoms with E-state index in [1.165, 1.54) is 0 Å². The smallest absolute Gasteiger partial charge is 0.157 e. The van der Waals surface area contributed by atoms with Crippen LogP contribution in [0.15, 0.2) is 36.7 Å². The van der Waals surface area contributed by atoms with Gasteiger partial charge in [0, 0.05) is 19.5 Å². The lowest BCUT2D eigenvalue weighted by atomic mass is 10.2. The summed E-state index contributed by atoms with van der Waals surface area (Å²) in [6, 6.07) is 7.83. The molecule has 0 atom stereocenters. The number of aromatic nitrogens is 2. The van der Waals surface area contributed by atoms with Crippen LogP contribution < -0.4 is 15.2 Å². The number of rotatable bonds is 8. The van der Waals surface area contributed by atoms with Crippen LogP contribution in [0.3, 0.4) is 0 Å². The Hall–Kier alpha value is -2.01. The van der Waals surface area contributed by atoms with E-state index in [-0.39, 0.29) is 0 Å². The second kappa shape index (κ2) is 7.55. The second-order valence-electron chi connectivity index (χ2n) is 4.43. The third-order valence-corrected chi connectivity index (χ3v) is 2.92. The lowest BCUT2D eigenvalue weighted by Crippen LogP contribution is -2.05. The van der Waals surface area contributed by atoms with E-state index in [0.29, 0.717) is 19.8 Å². The lowest BCUT2D eigenvalue weighted by Gasteiger charge is -2.07. The van der Waals surface area contributed by atoms with Crippen molar-refractivity contribution in [2.75, 3.05) is 13.2 Å². The predicted octanol–water partition coefficient (Wildman–Crippen LogP) is 2.21. The third-order valence-electron chi connectivity index (χ3n) is 2.92. The minimum Gasteiger partial charge on any atom is -0.493 e. The maximum absolute atomic E-state index is 5.63. The first-order valence-corrected chi connectivity index (χ1v) is 6.89. The zero-order chi connectivity index (χ0) is 14.2. The average Bonchev–Trinajstić information content (AvgIpc) is 2.95. The zero-order valence-electron chi connectivity index (χ0n) is 11.8. The van der Waals surface area contributed by atoms with Gasteiger partial charge in [0.05, 0.1) is 25.6 Å². The molecule has 0 aliphatic heterocycles. The Morgan fingerprint density at radius 2 is 1.80 bits per heavy atom. The zero-order valence-corrected chi connectivity index (χ0v) is 11.8. The van der Waals surface area contributed by atoms with Crippen LogP contribution in [0.25, 0.3) is 0 Å². The highest BCUT2D eigenvalue weighted by Gasteiger charge is 1.98. The van der Waals surface area contributed by atoms with Gasteiger partial charge < -0.3 is 15.2 Å². The average molecular weight is 275 g/mol. The van der Waals surface area contributed by atoms with Crippen LogP contribution in [0.2, 0.25) is 0 Å². The van der Waals surface area contributed by atoms with E-state index in [1.807, 2.05) is 42.1 Å². The highest BCUT2D eigenvalue weighted by atomic mass is 16.5. The molecule has 0 aliphatic rings. The van der Waals surface area contributed by atoms with Crippen molar-refractivity contribution in [2.24, 2.45) is 5.73 Å². The van der Waals surface area contributed by atoms with Crippen molar-refractivity contribution in [2.45, 2.75) is 26.4 Å². The lowest BCUT2D eigenvalue weighted by molar-refractivity contribution is 0.247. The molecule has 0 radical (unpaired) electrons. The summed E-state index contributed by atoms with van der Waals surface area (Å²) >= 11 is 0. The summed E-state index contributed by atoms with van der Waals surface area (Å²) < 4.78 is 13.0. The van der Waals surface area contributed by atoms with Crippen molar-refractivity contribution in [3.8, 4) is 11.5 Å². The fourth-order valence-corrected chi connectivity index (χ4v) is 1.75. The van der Waals surface area contributed by atoms with Crippen LogP contribution in [-0.2, 0) is 13.1 Å². The number of hydrogen-bond acceptors (Lipinski definition) is 4. The number of hydrogen-bond donors (Lipinski definition) is 1. The highest BCUT2D eigenvalue weighted by Crippen LogP contribution is 2.12. The minimum atomic E-state index is 0.555. The monoisotopic (exact) mass is 275 g/mol. The van der Waals surface area contributed by atoms with E-state index in [1.54, 1.807) is 6.20 Å². The standard InChI is InChI=1S/C15H21N3O2/c1-2-18-12-15(11-17-18)20-9-3-8-19-14-6-4-13(10-16)5-7-14/h4-7,11-12H,2-3,8-10,16H2,1H3. The summed E-state index contributed by atoms with van der Waals surface area (Å²) in [6.07, 6.45) is 4.46. The quantitative estimate of drug-likeness (QED) is 0.750. The van der Waals surface area contributed by atoms with E-state index < -0.39 is 0 Å². The molecular formula is C15H21N3O2. The molecule has 108 valence electrons. The van der Waals surface area contributed by atoms with Crippen molar-refractivity contribution in [1.29, 1.82) is 0 Å². The number of benzene rings is 1.